The average molecular weight is 408 g/mol. The van der Waals surface area contributed by atoms with Gasteiger partial charge >= 0.3 is 0 Å². The summed E-state index contributed by atoms with van der Waals surface area (Å²) in [5.74, 6) is 0.622. The van der Waals surface area contributed by atoms with Crippen LogP contribution in [0.1, 0.15) is 59.0 Å². The number of thiazole rings is 1. The number of nitrogens with zero attached hydrogens (tertiary/aromatic N) is 4. The van der Waals surface area contributed by atoms with Gasteiger partial charge < -0.3 is 10.6 Å². The van der Waals surface area contributed by atoms with Gasteiger partial charge in [-0.25, -0.2) is 4.98 Å². The Morgan fingerprint density at radius 1 is 1.21 bits per heavy atom. The fraction of sp³-hybridized carbons (Fsp3) is 0.409. The predicted octanol–water partition coefficient (Wildman–Crippen LogP) is 3.56. The molecule has 3 heterocycles. The molecule has 1 saturated carbocycles. The quantitative estimate of drug-likeness (QED) is 0.717. The van der Waals surface area contributed by atoms with Crippen LogP contribution in [-0.4, -0.2) is 38.7 Å². The van der Waals surface area contributed by atoms with Gasteiger partial charge in [0.25, 0.3) is 5.91 Å². The number of piperidine rings is 1. The summed E-state index contributed by atoms with van der Waals surface area (Å²) in [6.45, 7) is 1.38. The van der Waals surface area contributed by atoms with Crippen molar-refractivity contribution in [2.75, 3.05) is 18.8 Å². The minimum absolute atomic E-state index is 0.0753. The Hall–Kier alpha value is -2.67. The van der Waals surface area contributed by atoms with Gasteiger partial charge in [0.15, 0.2) is 5.13 Å². The summed E-state index contributed by atoms with van der Waals surface area (Å²) >= 11 is 1.48. The monoisotopic (exact) mass is 407 g/mol. The van der Waals surface area contributed by atoms with Gasteiger partial charge in [0.2, 0.25) is 0 Å². The number of aryl methyl sites for hydroxylation is 1. The van der Waals surface area contributed by atoms with Crippen LogP contribution in [0.2, 0.25) is 0 Å². The van der Waals surface area contributed by atoms with E-state index in [1.807, 2.05) is 24.1 Å². The molecule has 3 aromatic rings. The largest absolute Gasteiger partial charge is 0.375 e. The first-order valence-corrected chi connectivity index (χ1v) is 11.0. The molecule has 5 rings (SSSR count). The van der Waals surface area contributed by atoms with Crippen molar-refractivity contribution in [3.63, 3.8) is 0 Å². The van der Waals surface area contributed by atoms with E-state index < -0.39 is 0 Å². The molecule has 1 amide bonds. The third kappa shape index (κ3) is 3.23. The van der Waals surface area contributed by atoms with Gasteiger partial charge in [0.1, 0.15) is 5.69 Å². The topological polar surface area (TPSA) is 77.0 Å². The summed E-state index contributed by atoms with van der Waals surface area (Å²) in [6.07, 6.45) is 4.04. The highest BCUT2D eigenvalue weighted by Gasteiger charge is 2.41. The zero-order valence-corrected chi connectivity index (χ0v) is 17.4. The van der Waals surface area contributed by atoms with E-state index in [1.54, 1.807) is 4.68 Å². The lowest BCUT2D eigenvalue weighted by Gasteiger charge is -2.41. The van der Waals surface area contributed by atoms with E-state index in [-0.39, 0.29) is 11.3 Å². The molecule has 150 valence electrons. The predicted molar refractivity (Wildman–Crippen MR) is 114 cm³/mol. The molecule has 2 N–H and O–H groups in total. The van der Waals surface area contributed by atoms with Crippen LogP contribution in [0.4, 0.5) is 5.13 Å². The second kappa shape index (κ2) is 6.99. The molecule has 2 aromatic heterocycles. The van der Waals surface area contributed by atoms with Crippen molar-refractivity contribution in [3.8, 4) is 0 Å². The summed E-state index contributed by atoms with van der Waals surface area (Å²) in [7, 11) is 1.87. The van der Waals surface area contributed by atoms with Crippen molar-refractivity contribution in [3.05, 3.63) is 64.4 Å². The number of amides is 1. The normalized spacial score (nSPS) is 18.7. The fourth-order valence-electron chi connectivity index (χ4n) is 4.48. The molecule has 1 saturated heterocycles. The van der Waals surface area contributed by atoms with Gasteiger partial charge in [-0.3, -0.25) is 9.48 Å². The van der Waals surface area contributed by atoms with Gasteiger partial charge in [-0.1, -0.05) is 30.3 Å². The summed E-state index contributed by atoms with van der Waals surface area (Å²) < 4.78 is 1.75. The van der Waals surface area contributed by atoms with Crippen molar-refractivity contribution in [1.29, 1.82) is 0 Å². The van der Waals surface area contributed by atoms with Gasteiger partial charge in [0, 0.05) is 36.9 Å². The van der Waals surface area contributed by atoms with E-state index in [0.29, 0.717) is 29.8 Å². The second-order valence-corrected chi connectivity index (χ2v) is 9.05. The Balaban J connectivity index is 1.40. The molecule has 0 spiro atoms. The first-order valence-electron chi connectivity index (χ1n) is 10.2. The fourth-order valence-corrected chi connectivity index (χ4v) is 5.14. The maximum Gasteiger partial charge on any atom is 0.272 e. The SMILES string of the molecule is Cn1nc(C2CC2)cc1C(=O)N1CCC(c2ccccc2)(c2csc(N)n2)CC1. The third-order valence-corrected chi connectivity index (χ3v) is 7.03. The number of carbonyl (C=O) groups is 1. The number of hydrogen-bond acceptors (Lipinski definition) is 5. The van der Waals surface area contributed by atoms with Crippen molar-refractivity contribution >= 4 is 22.4 Å². The first-order chi connectivity index (χ1) is 14.1. The van der Waals surface area contributed by atoms with E-state index in [0.717, 1.165) is 24.2 Å². The molecule has 2 aliphatic rings. The van der Waals surface area contributed by atoms with Gasteiger partial charge in [-0.15, -0.1) is 11.3 Å². The molecule has 6 nitrogen and oxygen atoms in total. The summed E-state index contributed by atoms with van der Waals surface area (Å²) in [5.41, 5.74) is 9.78. The molecular weight excluding hydrogens is 382 g/mol. The Bertz CT molecular complexity index is 1030. The van der Waals surface area contributed by atoms with Crippen LogP contribution >= 0.6 is 11.3 Å². The maximum absolute atomic E-state index is 13.2. The minimum Gasteiger partial charge on any atom is -0.375 e. The molecule has 29 heavy (non-hydrogen) atoms. The van der Waals surface area contributed by atoms with E-state index >= 15 is 0 Å². The van der Waals surface area contributed by atoms with Crippen molar-refractivity contribution in [2.45, 2.75) is 37.0 Å². The van der Waals surface area contributed by atoms with Gasteiger partial charge in [-0.05, 0) is 37.3 Å². The van der Waals surface area contributed by atoms with Crippen LogP contribution in [0.5, 0.6) is 0 Å². The molecule has 1 aliphatic heterocycles. The number of likely N-dealkylation sites (tertiary alicyclic amines) is 1. The highest BCUT2D eigenvalue weighted by molar-refractivity contribution is 7.13. The number of carbonyl (C=O) groups excluding carboxylic acids is 1. The molecule has 1 aliphatic carbocycles. The Morgan fingerprint density at radius 2 is 1.93 bits per heavy atom. The smallest absolute Gasteiger partial charge is 0.272 e. The standard InChI is InChI=1S/C22H25N5OS/c1-26-18(13-17(25-26)15-7-8-15)20(28)27-11-9-22(10-12-27,16-5-3-2-4-6-16)19-14-29-21(23)24-19/h2-6,13-15H,7-12H2,1H3,(H2,23,24). The summed E-state index contributed by atoms with van der Waals surface area (Å²) in [4.78, 5) is 19.8. The minimum atomic E-state index is -0.197. The highest BCUT2D eigenvalue weighted by atomic mass is 32.1. The molecular formula is C22H25N5OS. The lowest BCUT2D eigenvalue weighted by molar-refractivity contribution is 0.0673. The molecule has 0 radical (unpaired) electrons. The molecule has 0 atom stereocenters. The number of rotatable bonds is 4. The maximum atomic E-state index is 13.2. The van der Waals surface area contributed by atoms with Crippen LogP contribution in [-0.2, 0) is 12.5 Å². The highest BCUT2D eigenvalue weighted by Crippen LogP contribution is 2.43. The third-order valence-electron chi connectivity index (χ3n) is 6.36. The van der Waals surface area contributed by atoms with Crippen LogP contribution in [0.3, 0.4) is 0 Å². The van der Waals surface area contributed by atoms with E-state index in [2.05, 4.69) is 39.7 Å². The number of hydrogen-bond donors (Lipinski definition) is 1. The second-order valence-electron chi connectivity index (χ2n) is 8.16. The first kappa shape index (κ1) is 18.4. The lowest BCUT2D eigenvalue weighted by Crippen LogP contribution is -2.46. The van der Waals surface area contributed by atoms with E-state index in [1.165, 1.54) is 29.7 Å². The number of nitrogen functional groups attached to an aromatic ring is 1. The van der Waals surface area contributed by atoms with Crippen molar-refractivity contribution in [2.24, 2.45) is 7.05 Å². The number of benzene rings is 1. The van der Waals surface area contributed by atoms with Crippen LogP contribution in [0.25, 0.3) is 0 Å². The summed E-state index contributed by atoms with van der Waals surface area (Å²) in [5, 5.41) is 7.23. The van der Waals surface area contributed by atoms with Gasteiger partial charge in [-0.2, -0.15) is 5.10 Å². The lowest BCUT2D eigenvalue weighted by atomic mass is 9.70. The molecule has 0 unspecified atom stereocenters. The van der Waals surface area contributed by atoms with Gasteiger partial charge in [0.05, 0.1) is 11.4 Å². The van der Waals surface area contributed by atoms with E-state index in [9.17, 15) is 4.79 Å². The Labute approximate surface area is 174 Å². The van der Waals surface area contributed by atoms with Crippen LogP contribution < -0.4 is 5.73 Å². The summed E-state index contributed by atoms with van der Waals surface area (Å²) in [6, 6.07) is 12.5. The number of anilines is 1. The Kier molecular flexibility index (Phi) is 4.42. The molecule has 1 aromatic carbocycles. The van der Waals surface area contributed by atoms with Crippen molar-refractivity contribution < 1.29 is 4.79 Å². The Morgan fingerprint density at radius 3 is 2.55 bits per heavy atom. The van der Waals surface area contributed by atoms with Crippen molar-refractivity contribution in [1.82, 2.24) is 19.7 Å². The van der Waals surface area contributed by atoms with Crippen LogP contribution in [0.15, 0.2) is 41.8 Å². The zero-order chi connectivity index (χ0) is 20.0. The number of aromatic nitrogens is 3. The molecule has 7 heteroatoms. The molecule has 2 fully saturated rings. The molecule has 0 bridgehead atoms. The average Bonchev–Trinajstić information content (AvgIpc) is 3.40. The number of nitrogens with two attached hydrogens (primary N) is 1. The zero-order valence-electron chi connectivity index (χ0n) is 16.5. The van der Waals surface area contributed by atoms with E-state index in [4.69, 9.17) is 5.73 Å². The van der Waals surface area contributed by atoms with Crippen LogP contribution in [0, 0.1) is 0 Å².